The quantitative estimate of drug-likeness (QED) is 0.411. The zero-order valence-electron chi connectivity index (χ0n) is 17.8. The molecule has 1 saturated heterocycles. The number of nitrogens with one attached hydrogen (secondary N) is 2. The number of guanidine groups is 1. The second-order valence-electron chi connectivity index (χ2n) is 7.61. The number of hydrogen-bond acceptors (Lipinski definition) is 4. The predicted molar refractivity (Wildman–Crippen MR) is 124 cm³/mol. The second kappa shape index (κ2) is 10.5. The van der Waals surface area contributed by atoms with Crippen molar-refractivity contribution in [2.45, 2.75) is 32.4 Å². The van der Waals surface area contributed by atoms with Gasteiger partial charge in [0.05, 0.1) is 24.6 Å². The Bertz CT molecular complexity index is 964. The van der Waals surface area contributed by atoms with Gasteiger partial charge in [-0.3, -0.25) is 4.90 Å². The van der Waals surface area contributed by atoms with E-state index in [1.165, 1.54) is 17.7 Å². The number of imidazole rings is 1. The molecule has 0 spiro atoms. The number of aromatic nitrogens is 2. The van der Waals surface area contributed by atoms with Gasteiger partial charge in [-0.25, -0.2) is 14.4 Å². The summed E-state index contributed by atoms with van der Waals surface area (Å²) in [5.74, 6) is 0.470. The van der Waals surface area contributed by atoms with E-state index in [2.05, 4.69) is 38.0 Å². The van der Waals surface area contributed by atoms with Crippen LogP contribution in [0.4, 0.5) is 4.39 Å². The van der Waals surface area contributed by atoms with Crippen LogP contribution in [0, 0.1) is 5.82 Å². The number of nitrogens with zero attached hydrogens (tertiary/aromatic N) is 4. The average molecular weight is 441 g/mol. The Hall–Kier alpha value is -2.71. The Morgan fingerprint density at radius 2 is 2.13 bits per heavy atom. The average Bonchev–Trinajstić information content (AvgIpc) is 3.56. The van der Waals surface area contributed by atoms with Crippen LogP contribution >= 0.6 is 11.3 Å². The number of rotatable bonds is 8. The summed E-state index contributed by atoms with van der Waals surface area (Å²) in [6.07, 6.45) is 7.48. The third-order valence-corrected chi connectivity index (χ3v) is 6.45. The largest absolute Gasteiger partial charge is 0.357 e. The molecule has 1 aromatic carbocycles. The van der Waals surface area contributed by atoms with Gasteiger partial charge in [0.1, 0.15) is 5.82 Å². The van der Waals surface area contributed by atoms with Crippen molar-refractivity contribution in [1.29, 1.82) is 0 Å². The van der Waals surface area contributed by atoms with E-state index in [0.29, 0.717) is 18.3 Å². The monoisotopic (exact) mass is 440 g/mol. The molecule has 0 bridgehead atoms. The van der Waals surface area contributed by atoms with E-state index in [1.54, 1.807) is 46.8 Å². The van der Waals surface area contributed by atoms with Crippen molar-refractivity contribution < 1.29 is 4.39 Å². The van der Waals surface area contributed by atoms with Crippen LogP contribution in [0.1, 0.15) is 36.2 Å². The van der Waals surface area contributed by atoms with Gasteiger partial charge in [0.25, 0.3) is 0 Å². The molecule has 0 saturated carbocycles. The molecule has 2 N–H and O–H groups in total. The third-order valence-electron chi connectivity index (χ3n) is 5.47. The minimum absolute atomic E-state index is 0.282. The van der Waals surface area contributed by atoms with E-state index in [0.717, 1.165) is 37.7 Å². The zero-order chi connectivity index (χ0) is 21.5. The molecule has 0 aliphatic carbocycles. The first-order valence-electron chi connectivity index (χ1n) is 10.8. The lowest BCUT2D eigenvalue weighted by Crippen LogP contribution is -2.42. The van der Waals surface area contributed by atoms with Crippen LogP contribution in [0.15, 0.2) is 59.4 Å². The van der Waals surface area contributed by atoms with Gasteiger partial charge in [-0.2, -0.15) is 0 Å². The smallest absolute Gasteiger partial charge is 0.191 e. The summed E-state index contributed by atoms with van der Waals surface area (Å²) in [5, 5.41) is 8.95. The molecule has 3 aromatic rings. The Morgan fingerprint density at radius 3 is 2.81 bits per heavy atom. The molecule has 1 aliphatic rings. The SMILES string of the molecule is CCNC(=NCc1ccc(-n2ccnc2)c(F)c1)NCC(c1cccs1)N1CCCC1. The zero-order valence-corrected chi connectivity index (χ0v) is 18.6. The van der Waals surface area contributed by atoms with Gasteiger partial charge in [-0.1, -0.05) is 12.1 Å². The lowest BCUT2D eigenvalue weighted by molar-refractivity contribution is 0.249. The summed E-state index contributed by atoms with van der Waals surface area (Å²) >= 11 is 1.80. The van der Waals surface area contributed by atoms with E-state index >= 15 is 0 Å². The summed E-state index contributed by atoms with van der Waals surface area (Å²) in [7, 11) is 0. The molecule has 1 fully saturated rings. The highest BCUT2D eigenvalue weighted by Crippen LogP contribution is 2.27. The fraction of sp³-hybridized carbons (Fsp3) is 0.391. The number of aliphatic imine (C=N–C) groups is 1. The van der Waals surface area contributed by atoms with Gasteiger partial charge < -0.3 is 15.2 Å². The van der Waals surface area contributed by atoms with Crippen molar-refractivity contribution in [1.82, 2.24) is 25.1 Å². The Kier molecular flexibility index (Phi) is 7.32. The molecule has 6 nitrogen and oxygen atoms in total. The first kappa shape index (κ1) is 21.5. The molecular weight excluding hydrogens is 411 g/mol. The van der Waals surface area contributed by atoms with Crippen molar-refractivity contribution >= 4 is 17.3 Å². The topological polar surface area (TPSA) is 57.5 Å². The summed E-state index contributed by atoms with van der Waals surface area (Å²) in [6.45, 7) is 6.30. The highest BCUT2D eigenvalue weighted by Gasteiger charge is 2.24. The van der Waals surface area contributed by atoms with E-state index in [1.807, 2.05) is 13.0 Å². The molecule has 1 unspecified atom stereocenters. The fourth-order valence-electron chi connectivity index (χ4n) is 3.91. The van der Waals surface area contributed by atoms with Crippen LogP contribution in [-0.2, 0) is 6.54 Å². The lowest BCUT2D eigenvalue weighted by Gasteiger charge is -2.27. The number of thiophene rings is 1. The fourth-order valence-corrected chi connectivity index (χ4v) is 4.77. The number of benzene rings is 1. The Labute approximate surface area is 186 Å². The Morgan fingerprint density at radius 1 is 1.26 bits per heavy atom. The van der Waals surface area contributed by atoms with Crippen LogP contribution in [0.3, 0.4) is 0 Å². The third kappa shape index (κ3) is 5.51. The first-order chi connectivity index (χ1) is 15.2. The van der Waals surface area contributed by atoms with E-state index in [4.69, 9.17) is 4.99 Å². The standard InChI is InChI=1S/C23H29FN6S/c1-2-26-23(28-16-21(22-6-5-13-31-22)29-10-3-4-11-29)27-15-18-7-8-20(19(24)14-18)30-12-9-25-17-30/h5-9,12-14,17,21H,2-4,10-11,15-16H2,1H3,(H2,26,27,28). The van der Waals surface area contributed by atoms with Gasteiger partial charge in [0, 0.05) is 30.4 Å². The minimum Gasteiger partial charge on any atom is -0.357 e. The maximum atomic E-state index is 14.5. The van der Waals surface area contributed by atoms with Crippen molar-refractivity contribution in [2.75, 3.05) is 26.2 Å². The minimum atomic E-state index is -0.282. The van der Waals surface area contributed by atoms with Crippen LogP contribution in [-0.4, -0.2) is 46.6 Å². The molecule has 1 aliphatic heterocycles. The summed E-state index contributed by atoms with van der Waals surface area (Å²) < 4.78 is 16.2. The van der Waals surface area contributed by atoms with Crippen molar-refractivity contribution in [3.05, 3.63) is 70.7 Å². The van der Waals surface area contributed by atoms with Gasteiger partial charge in [-0.05, 0) is 62.0 Å². The number of hydrogen-bond donors (Lipinski definition) is 2. The van der Waals surface area contributed by atoms with Crippen molar-refractivity contribution in [2.24, 2.45) is 4.99 Å². The van der Waals surface area contributed by atoms with Gasteiger partial charge >= 0.3 is 0 Å². The van der Waals surface area contributed by atoms with Crippen molar-refractivity contribution in [3.63, 3.8) is 0 Å². The maximum Gasteiger partial charge on any atom is 0.191 e. The second-order valence-corrected chi connectivity index (χ2v) is 8.59. The number of halogens is 1. The first-order valence-corrected chi connectivity index (χ1v) is 11.7. The van der Waals surface area contributed by atoms with E-state index < -0.39 is 0 Å². The van der Waals surface area contributed by atoms with E-state index in [9.17, 15) is 4.39 Å². The number of likely N-dealkylation sites (tertiary alicyclic amines) is 1. The lowest BCUT2D eigenvalue weighted by atomic mass is 10.2. The summed E-state index contributed by atoms with van der Waals surface area (Å²) in [6, 6.07) is 9.89. The van der Waals surface area contributed by atoms with Crippen molar-refractivity contribution in [3.8, 4) is 5.69 Å². The van der Waals surface area contributed by atoms with Gasteiger partial charge in [0.15, 0.2) is 5.96 Å². The Balaban J connectivity index is 1.42. The summed E-state index contributed by atoms with van der Waals surface area (Å²) in [5.41, 5.74) is 1.31. The van der Waals surface area contributed by atoms with Crippen LogP contribution < -0.4 is 10.6 Å². The molecule has 1 atom stereocenters. The van der Waals surface area contributed by atoms with Crippen LogP contribution in [0.5, 0.6) is 0 Å². The van der Waals surface area contributed by atoms with Crippen LogP contribution in [0.25, 0.3) is 5.69 Å². The van der Waals surface area contributed by atoms with E-state index in [-0.39, 0.29) is 5.82 Å². The van der Waals surface area contributed by atoms with Crippen LogP contribution in [0.2, 0.25) is 0 Å². The molecule has 4 rings (SSSR count). The molecule has 0 radical (unpaired) electrons. The highest BCUT2D eigenvalue weighted by atomic mass is 32.1. The molecule has 2 aromatic heterocycles. The predicted octanol–water partition coefficient (Wildman–Crippen LogP) is 3.97. The molecule has 0 amide bonds. The molecule has 31 heavy (non-hydrogen) atoms. The molecule has 3 heterocycles. The van der Waals surface area contributed by atoms with Gasteiger partial charge in [-0.15, -0.1) is 11.3 Å². The maximum absolute atomic E-state index is 14.5. The summed E-state index contributed by atoms with van der Waals surface area (Å²) in [4.78, 5) is 12.6. The molecular formula is C23H29FN6S. The highest BCUT2D eigenvalue weighted by molar-refractivity contribution is 7.10. The molecule has 8 heteroatoms. The molecule has 164 valence electrons. The van der Waals surface area contributed by atoms with Gasteiger partial charge in [0.2, 0.25) is 0 Å². The normalized spacial score (nSPS) is 15.9.